The average molecular weight is 266 g/mol. The first-order valence-electron chi connectivity index (χ1n) is 6.28. The number of rotatable bonds is 2. The number of hydrogen-bond acceptors (Lipinski definition) is 3. The average Bonchev–Trinajstić information content (AvgIpc) is 2.84. The molecule has 5 heteroatoms. The smallest absolute Gasteiger partial charge is 0.260 e. The van der Waals surface area contributed by atoms with Crippen molar-refractivity contribution in [1.29, 1.82) is 0 Å². The quantitative estimate of drug-likeness (QED) is 0.714. The molecule has 0 bridgehead atoms. The lowest BCUT2D eigenvalue weighted by atomic mass is 10.2. The Morgan fingerprint density at radius 1 is 1.15 bits per heavy atom. The van der Waals surface area contributed by atoms with Crippen molar-refractivity contribution in [2.45, 2.75) is 0 Å². The molecule has 2 heterocycles. The van der Waals surface area contributed by atoms with E-state index >= 15 is 0 Å². The van der Waals surface area contributed by atoms with Gasteiger partial charge in [-0.15, -0.1) is 0 Å². The minimum Gasteiger partial charge on any atom is -0.313 e. The predicted octanol–water partition coefficient (Wildman–Crippen LogP) is 2.24. The summed E-state index contributed by atoms with van der Waals surface area (Å²) in [5.41, 5.74) is 2.46. The van der Waals surface area contributed by atoms with Gasteiger partial charge in [0.15, 0.2) is 0 Å². The van der Waals surface area contributed by atoms with Crippen LogP contribution >= 0.6 is 0 Å². The fraction of sp³-hybridized carbons (Fsp3) is 0.133. The molecule has 0 aliphatic carbocycles. The molecule has 0 fully saturated rings. The van der Waals surface area contributed by atoms with Crippen LogP contribution in [0.15, 0.2) is 48.8 Å². The molecule has 1 amide bonds. The summed E-state index contributed by atoms with van der Waals surface area (Å²) in [6.45, 7) is 0. The van der Waals surface area contributed by atoms with E-state index in [0.29, 0.717) is 11.5 Å². The first kappa shape index (κ1) is 12.3. The summed E-state index contributed by atoms with van der Waals surface area (Å²) in [5, 5.41) is 0. The van der Waals surface area contributed by atoms with Crippen LogP contribution < -0.4 is 4.90 Å². The van der Waals surface area contributed by atoms with Crippen molar-refractivity contribution in [3.05, 3.63) is 54.4 Å². The molecule has 0 N–H and O–H groups in total. The van der Waals surface area contributed by atoms with Crippen LogP contribution in [-0.2, 0) is 7.05 Å². The maximum absolute atomic E-state index is 12.4. The molecule has 3 rings (SSSR count). The van der Waals surface area contributed by atoms with E-state index < -0.39 is 0 Å². The van der Waals surface area contributed by atoms with Gasteiger partial charge in [-0.25, -0.2) is 4.98 Å². The Labute approximate surface area is 116 Å². The SMILES string of the molecule is CN(C(=O)c1ccncc1)c1nc2ccccc2n1C. The van der Waals surface area contributed by atoms with Crippen LogP contribution in [0.1, 0.15) is 10.4 Å². The first-order chi connectivity index (χ1) is 9.68. The molecule has 100 valence electrons. The van der Waals surface area contributed by atoms with Gasteiger partial charge in [-0.2, -0.15) is 0 Å². The summed E-state index contributed by atoms with van der Waals surface area (Å²) in [6, 6.07) is 11.2. The second-order valence-electron chi connectivity index (χ2n) is 4.56. The zero-order valence-electron chi connectivity index (χ0n) is 11.3. The lowest BCUT2D eigenvalue weighted by Gasteiger charge is -2.16. The highest BCUT2D eigenvalue weighted by atomic mass is 16.2. The predicted molar refractivity (Wildman–Crippen MR) is 77.7 cm³/mol. The molecule has 20 heavy (non-hydrogen) atoms. The van der Waals surface area contributed by atoms with Crippen LogP contribution in [0.3, 0.4) is 0 Å². The Bertz CT molecular complexity index is 764. The monoisotopic (exact) mass is 266 g/mol. The van der Waals surface area contributed by atoms with Crippen molar-refractivity contribution in [2.75, 3.05) is 11.9 Å². The minimum absolute atomic E-state index is 0.106. The second-order valence-corrected chi connectivity index (χ2v) is 4.56. The fourth-order valence-corrected chi connectivity index (χ4v) is 2.21. The fourth-order valence-electron chi connectivity index (χ4n) is 2.21. The Hall–Kier alpha value is -2.69. The van der Waals surface area contributed by atoms with Crippen LogP contribution in [0.5, 0.6) is 0 Å². The Kier molecular flexibility index (Phi) is 2.95. The van der Waals surface area contributed by atoms with E-state index in [4.69, 9.17) is 0 Å². The van der Waals surface area contributed by atoms with Crippen molar-refractivity contribution >= 4 is 22.9 Å². The Morgan fingerprint density at radius 2 is 1.85 bits per heavy atom. The van der Waals surface area contributed by atoms with Crippen molar-refractivity contribution in [3.63, 3.8) is 0 Å². The lowest BCUT2D eigenvalue weighted by molar-refractivity contribution is 0.0991. The first-order valence-corrected chi connectivity index (χ1v) is 6.28. The number of amides is 1. The number of carbonyl (C=O) groups excluding carboxylic acids is 1. The molecular formula is C15H14N4O. The lowest BCUT2D eigenvalue weighted by Crippen LogP contribution is -2.28. The van der Waals surface area contributed by atoms with Gasteiger partial charge in [-0.1, -0.05) is 12.1 Å². The summed E-state index contributed by atoms with van der Waals surface area (Å²) in [7, 11) is 3.63. The third-order valence-electron chi connectivity index (χ3n) is 3.30. The largest absolute Gasteiger partial charge is 0.313 e. The highest BCUT2D eigenvalue weighted by Gasteiger charge is 2.18. The van der Waals surface area contributed by atoms with Crippen molar-refractivity contribution in [2.24, 2.45) is 7.05 Å². The summed E-state index contributed by atoms with van der Waals surface area (Å²) in [6.07, 6.45) is 3.21. The van der Waals surface area contributed by atoms with E-state index in [1.807, 2.05) is 35.9 Å². The molecule has 3 aromatic rings. The molecule has 0 aliphatic heterocycles. The number of benzene rings is 1. The summed E-state index contributed by atoms with van der Waals surface area (Å²) < 4.78 is 1.91. The zero-order chi connectivity index (χ0) is 14.1. The van der Waals surface area contributed by atoms with E-state index in [1.165, 1.54) is 0 Å². The third-order valence-corrected chi connectivity index (χ3v) is 3.30. The van der Waals surface area contributed by atoms with E-state index in [9.17, 15) is 4.79 Å². The number of pyridine rings is 1. The molecule has 0 unspecified atom stereocenters. The van der Waals surface area contributed by atoms with Crippen LogP contribution in [-0.4, -0.2) is 27.5 Å². The molecule has 0 radical (unpaired) electrons. The molecule has 2 aromatic heterocycles. The van der Waals surface area contributed by atoms with Gasteiger partial charge in [0.1, 0.15) is 0 Å². The molecule has 0 saturated carbocycles. The third kappa shape index (κ3) is 1.93. The van der Waals surface area contributed by atoms with E-state index in [1.54, 1.807) is 36.5 Å². The maximum Gasteiger partial charge on any atom is 0.260 e. The standard InChI is InChI=1S/C15H14N4O/c1-18-13-6-4-3-5-12(13)17-15(18)19(2)14(20)11-7-9-16-10-8-11/h3-10H,1-2H3. The van der Waals surface area contributed by atoms with Gasteiger partial charge in [-0.3, -0.25) is 14.7 Å². The molecule has 5 nitrogen and oxygen atoms in total. The summed E-state index contributed by atoms with van der Waals surface area (Å²) in [5.74, 6) is 0.513. The molecule has 0 aliphatic rings. The van der Waals surface area contributed by atoms with Crippen molar-refractivity contribution < 1.29 is 4.79 Å². The Morgan fingerprint density at radius 3 is 2.55 bits per heavy atom. The van der Waals surface area contributed by atoms with Gasteiger partial charge in [0.2, 0.25) is 5.95 Å². The number of para-hydroxylation sites is 2. The molecule has 0 atom stereocenters. The number of anilines is 1. The highest BCUT2D eigenvalue weighted by molar-refractivity contribution is 6.05. The number of imidazole rings is 1. The van der Waals surface area contributed by atoms with Crippen LogP contribution in [0.25, 0.3) is 11.0 Å². The number of carbonyl (C=O) groups is 1. The molecule has 1 aromatic carbocycles. The number of nitrogens with zero attached hydrogens (tertiary/aromatic N) is 4. The van der Waals surface area contributed by atoms with Gasteiger partial charge in [0.05, 0.1) is 11.0 Å². The van der Waals surface area contributed by atoms with E-state index in [0.717, 1.165) is 11.0 Å². The second kappa shape index (κ2) is 4.77. The van der Waals surface area contributed by atoms with Gasteiger partial charge in [-0.05, 0) is 24.3 Å². The minimum atomic E-state index is -0.106. The number of aromatic nitrogens is 3. The van der Waals surface area contributed by atoms with Crippen molar-refractivity contribution in [1.82, 2.24) is 14.5 Å². The summed E-state index contributed by atoms with van der Waals surface area (Å²) in [4.78, 5) is 22.4. The number of aryl methyl sites for hydroxylation is 1. The maximum atomic E-state index is 12.4. The van der Waals surface area contributed by atoms with Gasteiger partial charge >= 0.3 is 0 Å². The zero-order valence-corrected chi connectivity index (χ0v) is 11.3. The van der Waals surface area contributed by atoms with E-state index in [2.05, 4.69) is 9.97 Å². The van der Waals surface area contributed by atoms with E-state index in [-0.39, 0.29) is 5.91 Å². The highest BCUT2D eigenvalue weighted by Crippen LogP contribution is 2.21. The van der Waals surface area contributed by atoms with Gasteiger partial charge in [0.25, 0.3) is 5.91 Å². The molecular weight excluding hydrogens is 252 g/mol. The Balaban J connectivity index is 2.03. The number of fused-ring (bicyclic) bond motifs is 1. The van der Waals surface area contributed by atoms with Gasteiger partial charge in [0, 0.05) is 32.1 Å². The van der Waals surface area contributed by atoms with Crippen LogP contribution in [0.4, 0.5) is 5.95 Å². The summed E-state index contributed by atoms with van der Waals surface area (Å²) >= 11 is 0. The number of hydrogen-bond donors (Lipinski definition) is 0. The molecule has 0 saturated heterocycles. The molecule has 0 spiro atoms. The van der Waals surface area contributed by atoms with Gasteiger partial charge < -0.3 is 4.57 Å². The van der Waals surface area contributed by atoms with Crippen LogP contribution in [0, 0.1) is 0 Å². The van der Waals surface area contributed by atoms with Crippen LogP contribution in [0.2, 0.25) is 0 Å². The van der Waals surface area contributed by atoms with Crippen molar-refractivity contribution in [3.8, 4) is 0 Å². The normalized spacial score (nSPS) is 10.7. The topological polar surface area (TPSA) is 51.0 Å².